The Labute approximate surface area is 192 Å². The molecule has 0 bridgehead atoms. The number of benzene rings is 3. The Morgan fingerprint density at radius 1 is 1.03 bits per heavy atom. The lowest BCUT2D eigenvalue weighted by Gasteiger charge is -2.16. The summed E-state index contributed by atoms with van der Waals surface area (Å²) in [6, 6.07) is 23.1. The summed E-state index contributed by atoms with van der Waals surface area (Å²) >= 11 is 0. The van der Waals surface area contributed by atoms with E-state index < -0.39 is 11.5 Å². The number of carbonyl (C=O) groups is 1. The second kappa shape index (κ2) is 8.64. The zero-order valence-corrected chi connectivity index (χ0v) is 18.3. The highest BCUT2D eigenvalue weighted by Gasteiger charge is 2.58. The Kier molecular flexibility index (Phi) is 5.52. The molecule has 2 N–H and O–H groups in total. The number of nitrogens with one attached hydrogen (secondary N) is 1. The molecule has 0 aromatic heterocycles. The van der Waals surface area contributed by atoms with Gasteiger partial charge in [-0.15, -0.1) is 0 Å². The minimum atomic E-state index is -0.612. The summed E-state index contributed by atoms with van der Waals surface area (Å²) < 4.78 is 10.8. The van der Waals surface area contributed by atoms with Gasteiger partial charge in [0, 0.05) is 5.56 Å². The number of aromatic hydroxyl groups is 1. The van der Waals surface area contributed by atoms with Crippen LogP contribution in [-0.2, 0) is 21.0 Å². The van der Waals surface area contributed by atoms with Crippen molar-refractivity contribution < 1.29 is 24.2 Å². The van der Waals surface area contributed by atoms with Crippen molar-refractivity contribution in [1.29, 1.82) is 0 Å². The molecular formula is C27H25NO5. The number of carbonyl (C=O) groups excluding carboxylic acids is 1. The number of ether oxygens (including phenoxy) is 2. The molecule has 2 aliphatic rings. The van der Waals surface area contributed by atoms with E-state index in [4.69, 9.17) is 14.3 Å². The summed E-state index contributed by atoms with van der Waals surface area (Å²) in [5, 5.41) is 10.4. The van der Waals surface area contributed by atoms with Gasteiger partial charge in [0.1, 0.15) is 29.6 Å². The summed E-state index contributed by atoms with van der Waals surface area (Å²) in [6.45, 7) is 0.504. The van der Waals surface area contributed by atoms with E-state index in [-0.39, 0.29) is 11.7 Å². The second-order valence-corrected chi connectivity index (χ2v) is 8.44. The third-order valence-corrected chi connectivity index (χ3v) is 6.20. The van der Waals surface area contributed by atoms with Gasteiger partial charge in [-0.25, -0.2) is 0 Å². The molecule has 0 saturated heterocycles. The van der Waals surface area contributed by atoms with Crippen LogP contribution >= 0.6 is 0 Å². The van der Waals surface area contributed by atoms with Crippen LogP contribution in [0.15, 0.2) is 78.9 Å². The quantitative estimate of drug-likeness (QED) is 0.509. The smallest absolute Gasteiger partial charge is 0.314 e. The van der Waals surface area contributed by atoms with Gasteiger partial charge < -0.3 is 14.6 Å². The van der Waals surface area contributed by atoms with Crippen LogP contribution < -0.4 is 10.2 Å². The summed E-state index contributed by atoms with van der Waals surface area (Å²) in [6.07, 6.45) is 2.97. The van der Waals surface area contributed by atoms with Gasteiger partial charge >= 0.3 is 5.97 Å². The molecule has 5 rings (SSSR count). The lowest BCUT2D eigenvalue weighted by molar-refractivity contribution is -0.152. The number of hydrogen-bond donors (Lipinski definition) is 2. The highest BCUT2D eigenvalue weighted by Crippen LogP contribution is 2.52. The minimum absolute atomic E-state index is 0.146. The van der Waals surface area contributed by atoms with Crippen LogP contribution in [0, 0.1) is 5.41 Å². The first kappa shape index (κ1) is 21.1. The van der Waals surface area contributed by atoms with Gasteiger partial charge in [0.25, 0.3) is 0 Å². The Balaban J connectivity index is 1.33. The summed E-state index contributed by atoms with van der Waals surface area (Å²) in [5.74, 6) is 0.669. The molecule has 1 saturated carbocycles. The normalized spacial score (nSPS) is 18.2. The Hall–Kier alpha value is -3.77. The summed E-state index contributed by atoms with van der Waals surface area (Å²) in [7, 11) is 1.40. The number of rotatable bonds is 7. The van der Waals surface area contributed by atoms with Crippen molar-refractivity contribution in [2.24, 2.45) is 5.41 Å². The lowest BCUT2D eigenvalue weighted by Crippen LogP contribution is -2.31. The van der Waals surface area contributed by atoms with Crippen molar-refractivity contribution in [2.75, 3.05) is 7.11 Å². The van der Waals surface area contributed by atoms with Gasteiger partial charge in [-0.2, -0.15) is 0 Å². The first-order valence-corrected chi connectivity index (χ1v) is 10.9. The number of methoxy groups -OCH3 is 1. The molecule has 6 heteroatoms. The molecule has 1 heterocycles. The van der Waals surface area contributed by atoms with Crippen molar-refractivity contribution in [3.8, 4) is 22.6 Å². The number of hydrogen-bond acceptors (Lipinski definition) is 6. The molecule has 1 unspecified atom stereocenters. The van der Waals surface area contributed by atoms with E-state index in [2.05, 4.69) is 5.48 Å². The molecule has 3 aromatic carbocycles. The molecule has 3 aromatic rings. The van der Waals surface area contributed by atoms with Crippen molar-refractivity contribution >= 4 is 11.7 Å². The molecular weight excluding hydrogens is 418 g/mol. The van der Waals surface area contributed by atoms with E-state index in [1.165, 1.54) is 7.11 Å². The van der Waals surface area contributed by atoms with E-state index in [9.17, 15) is 9.90 Å². The molecule has 1 atom stereocenters. The maximum atomic E-state index is 12.2. The van der Waals surface area contributed by atoms with E-state index >= 15 is 0 Å². The van der Waals surface area contributed by atoms with Crippen molar-refractivity contribution in [1.82, 2.24) is 5.48 Å². The first-order chi connectivity index (χ1) is 16.1. The molecule has 1 aliphatic heterocycles. The highest BCUT2D eigenvalue weighted by molar-refractivity contribution is 5.82. The van der Waals surface area contributed by atoms with Crippen LogP contribution in [0.2, 0.25) is 0 Å². The number of phenols is 1. The largest absolute Gasteiger partial charge is 0.508 e. The minimum Gasteiger partial charge on any atom is -0.508 e. The van der Waals surface area contributed by atoms with Crippen molar-refractivity contribution in [3.05, 3.63) is 90.0 Å². The Bertz CT molecular complexity index is 1180. The zero-order valence-electron chi connectivity index (χ0n) is 18.3. The third kappa shape index (κ3) is 4.30. The topological polar surface area (TPSA) is 77.0 Å². The Morgan fingerprint density at radius 3 is 2.45 bits per heavy atom. The third-order valence-electron chi connectivity index (χ3n) is 6.20. The number of esters is 1. The monoisotopic (exact) mass is 443 g/mol. The van der Waals surface area contributed by atoms with E-state index in [0.29, 0.717) is 6.61 Å². The van der Waals surface area contributed by atoms with Crippen LogP contribution in [0.4, 0.5) is 0 Å². The maximum Gasteiger partial charge on any atom is 0.314 e. The predicted octanol–water partition coefficient (Wildman–Crippen LogP) is 4.84. The summed E-state index contributed by atoms with van der Waals surface area (Å²) in [5.41, 5.74) is 6.72. The van der Waals surface area contributed by atoms with Gasteiger partial charge in [0.05, 0.1) is 12.8 Å². The van der Waals surface area contributed by atoms with E-state index in [0.717, 1.165) is 46.5 Å². The SMILES string of the molecule is COC(=O)C1(C2C=C(c3cc(O)cc(-c4ccc(OCc5ccccc5)cc4)c3)NO2)CC1. The van der Waals surface area contributed by atoms with E-state index in [1.54, 1.807) is 12.1 Å². The highest BCUT2D eigenvalue weighted by atomic mass is 16.7. The maximum absolute atomic E-state index is 12.2. The fourth-order valence-corrected chi connectivity index (χ4v) is 4.13. The second-order valence-electron chi connectivity index (χ2n) is 8.44. The molecule has 6 nitrogen and oxygen atoms in total. The van der Waals surface area contributed by atoms with Crippen LogP contribution in [0.25, 0.3) is 16.8 Å². The van der Waals surface area contributed by atoms with Gasteiger partial charge in [0.15, 0.2) is 0 Å². The zero-order chi connectivity index (χ0) is 22.8. The average molecular weight is 443 g/mol. The van der Waals surface area contributed by atoms with Crippen LogP contribution in [0.1, 0.15) is 24.0 Å². The number of hydroxylamine groups is 1. The fourth-order valence-electron chi connectivity index (χ4n) is 4.13. The molecule has 0 spiro atoms. The molecule has 33 heavy (non-hydrogen) atoms. The molecule has 0 amide bonds. The van der Waals surface area contributed by atoms with Crippen molar-refractivity contribution in [2.45, 2.75) is 25.6 Å². The molecule has 1 fully saturated rings. The molecule has 168 valence electrons. The lowest BCUT2D eigenvalue weighted by atomic mass is 9.96. The van der Waals surface area contributed by atoms with Crippen LogP contribution in [0.5, 0.6) is 11.5 Å². The predicted molar refractivity (Wildman–Crippen MR) is 124 cm³/mol. The standard InChI is InChI=1S/C27H25NO5/c1-31-26(30)27(11-12-27)25-16-24(28-33-25)21-13-20(14-22(29)15-21)19-7-9-23(10-8-19)32-17-18-5-3-2-4-6-18/h2-10,13-16,25,28-29H,11-12,17H2,1H3. The van der Waals surface area contributed by atoms with Gasteiger partial charge in [-0.3, -0.25) is 15.1 Å². The number of phenolic OH excluding ortho intramolecular Hbond substituents is 1. The average Bonchev–Trinajstić information content (AvgIpc) is 3.51. The van der Waals surface area contributed by atoms with E-state index in [1.807, 2.05) is 66.7 Å². The summed E-state index contributed by atoms with van der Waals surface area (Å²) in [4.78, 5) is 17.9. The Morgan fingerprint density at radius 2 is 1.76 bits per heavy atom. The van der Waals surface area contributed by atoms with Gasteiger partial charge in [0.2, 0.25) is 0 Å². The molecule has 1 aliphatic carbocycles. The first-order valence-electron chi connectivity index (χ1n) is 10.9. The molecule has 0 radical (unpaired) electrons. The van der Waals surface area contributed by atoms with Gasteiger partial charge in [-0.05, 0) is 65.9 Å². The van der Waals surface area contributed by atoms with Gasteiger partial charge in [-0.1, -0.05) is 42.5 Å². The van der Waals surface area contributed by atoms with Crippen LogP contribution in [-0.4, -0.2) is 24.3 Å². The van der Waals surface area contributed by atoms with Crippen LogP contribution in [0.3, 0.4) is 0 Å². The van der Waals surface area contributed by atoms with Crippen molar-refractivity contribution in [3.63, 3.8) is 0 Å². The fraction of sp³-hybridized carbons (Fsp3) is 0.222.